The van der Waals surface area contributed by atoms with Gasteiger partial charge in [0.2, 0.25) is 0 Å². The van der Waals surface area contributed by atoms with Crippen LogP contribution in [0.2, 0.25) is 0 Å². The Balaban J connectivity index is 2.20. The number of hydrogen-bond acceptors (Lipinski definition) is 3. The molecule has 3 nitrogen and oxygen atoms in total. The van der Waals surface area contributed by atoms with E-state index in [9.17, 15) is 4.79 Å². The van der Waals surface area contributed by atoms with E-state index in [1.807, 2.05) is 18.7 Å². The van der Waals surface area contributed by atoms with Gasteiger partial charge in [0, 0.05) is 25.1 Å². The summed E-state index contributed by atoms with van der Waals surface area (Å²) >= 11 is 5.26. The van der Waals surface area contributed by atoms with E-state index < -0.39 is 0 Å². The van der Waals surface area contributed by atoms with Gasteiger partial charge in [-0.3, -0.25) is 9.48 Å². The van der Waals surface area contributed by atoms with Crippen LogP contribution in [0.5, 0.6) is 0 Å². The van der Waals surface area contributed by atoms with Gasteiger partial charge in [0.05, 0.1) is 21.6 Å². The lowest BCUT2D eigenvalue weighted by Gasteiger charge is -2.07. The molecule has 1 aliphatic heterocycles. The molecule has 1 atom stereocenters. The van der Waals surface area contributed by atoms with Gasteiger partial charge in [-0.2, -0.15) is 16.9 Å². The van der Waals surface area contributed by atoms with Crippen LogP contribution in [-0.4, -0.2) is 27.1 Å². The highest BCUT2D eigenvalue weighted by molar-refractivity contribution is 9.10. The first-order valence-corrected chi connectivity index (χ1v) is 6.82. The van der Waals surface area contributed by atoms with Crippen molar-refractivity contribution in [2.24, 2.45) is 13.0 Å². The molecule has 1 saturated heterocycles. The summed E-state index contributed by atoms with van der Waals surface area (Å²) in [6.07, 6.45) is 0.809. The van der Waals surface area contributed by atoms with Gasteiger partial charge >= 0.3 is 0 Å². The molecule has 1 unspecified atom stereocenters. The standard InChI is InChI=1S/C10H13BrN2OS/c1-6-10(11)8(13(2)12-6)3-7-4-15-5-9(7)14/h7H,3-5H2,1-2H3. The maximum atomic E-state index is 11.5. The first kappa shape index (κ1) is 11.2. The summed E-state index contributed by atoms with van der Waals surface area (Å²) < 4.78 is 2.92. The van der Waals surface area contributed by atoms with E-state index in [1.54, 1.807) is 11.8 Å². The normalized spacial score (nSPS) is 21.3. The van der Waals surface area contributed by atoms with Gasteiger partial charge in [-0.15, -0.1) is 0 Å². The molecule has 0 aliphatic carbocycles. The minimum Gasteiger partial charge on any atom is -0.298 e. The predicted octanol–water partition coefficient (Wildman–Crippen LogP) is 1.97. The van der Waals surface area contributed by atoms with Crippen molar-refractivity contribution in [1.82, 2.24) is 9.78 Å². The van der Waals surface area contributed by atoms with Crippen LogP contribution >= 0.6 is 27.7 Å². The number of carbonyl (C=O) groups excluding carboxylic acids is 1. The lowest BCUT2D eigenvalue weighted by atomic mass is 10.0. The summed E-state index contributed by atoms with van der Waals surface area (Å²) in [7, 11) is 1.93. The molecule has 1 fully saturated rings. The summed E-state index contributed by atoms with van der Waals surface area (Å²) in [6, 6.07) is 0. The van der Waals surface area contributed by atoms with E-state index in [2.05, 4.69) is 21.0 Å². The van der Waals surface area contributed by atoms with Gasteiger partial charge in [-0.25, -0.2) is 0 Å². The molecule has 15 heavy (non-hydrogen) atoms. The second kappa shape index (κ2) is 4.29. The number of thioether (sulfide) groups is 1. The van der Waals surface area contributed by atoms with E-state index >= 15 is 0 Å². The number of rotatable bonds is 2. The lowest BCUT2D eigenvalue weighted by Crippen LogP contribution is -2.16. The summed E-state index contributed by atoms with van der Waals surface area (Å²) in [4.78, 5) is 11.5. The van der Waals surface area contributed by atoms with Crippen molar-refractivity contribution in [3.05, 3.63) is 15.9 Å². The fraction of sp³-hybridized carbons (Fsp3) is 0.600. The van der Waals surface area contributed by atoms with Crippen LogP contribution in [0.1, 0.15) is 11.4 Å². The fourth-order valence-electron chi connectivity index (χ4n) is 1.82. The Morgan fingerprint density at radius 3 is 2.87 bits per heavy atom. The third kappa shape index (κ3) is 2.13. The van der Waals surface area contributed by atoms with E-state index in [0.717, 1.165) is 28.0 Å². The van der Waals surface area contributed by atoms with E-state index in [-0.39, 0.29) is 5.92 Å². The predicted molar refractivity (Wildman–Crippen MR) is 65.2 cm³/mol. The minimum atomic E-state index is 0.182. The van der Waals surface area contributed by atoms with Crippen LogP contribution in [0.15, 0.2) is 4.47 Å². The van der Waals surface area contributed by atoms with Crippen LogP contribution < -0.4 is 0 Å². The fourth-order valence-corrected chi connectivity index (χ4v) is 3.46. The molecule has 0 amide bonds. The Morgan fingerprint density at radius 2 is 2.40 bits per heavy atom. The molecule has 1 aliphatic rings. The number of aryl methyl sites for hydroxylation is 2. The van der Waals surface area contributed by atoms with Crippen LogP contribution in [0, 0.1) is 12.8 Å². The molecule has 2 rings (SSSR count). The monoisotopic (exact) mass is 288 g/mol. The molecule has 5 heteroatoms. The molecule has 82 valence electrons. The summed E-state index contributed by atoms with van der Waals surface area (Å²) in [5, 5.41) is 4.33. The third-order valence-corrected chi connectivity index (χ3v) is 4.88. The Hall–Kier alpha value is -0.290. The zero-order valence-corrected chi connectivity index (χ0v) is 11.2. The van der Waals surface area contributed by atoms with Crippen molar-refractivity contribution in [1.29, 1.82) is 0 Å². The molecule has 0 radical (unpaired) electrons. The largest absolute Gasteiger partial charge is 0.298 e. The second-order valence-electron chi connectivity index (χ2n) is 3.85. The number of Topliss-reactive ketones (excluding diaryl/α,β-unsaturated/α-hetero) is 1. The molecule has 1 aromatic rings. The topological polar surface area (TPSA) is 34.9 Å². The number of carbonyl (C=O) groups is 1. The Morgan fingerprint density at radius 1 is 1.67 bits per heavy atom. The molecule has 0 aromatic carbocycles. The van der Waals surface area contributed by atoms with Crippen molar-refractivity contribution >= 4 is 33.5 Å². The van der Waals surface area contributed by atoms with Crippen LogP contribution in [0.4, 0.5) is 0 Å². The zero-order valence-electron chi connectivity index (χ0n) is 8.79. The molecule has 0 N–H and O–H groups in total. The molecular formula is C10H13BrN2OS. The van der Waals surface area contributed by atoms with Gasteiger partial charge in [0.15, 0.2) is 0 Å². The van der Waals surface area contributed by atoms with Gasteiger partial charge in [-0.05, 0) is 22.9 Å². The van der Waals surface area contributed by atoms with E-state index in [4.69, 9.17) is 0 Å². The van der Waals surface area contributed by atoms with Crippen LogP contribution in [-0.2, 0) is 18.3 Å². The number of aromatic nitrogens is 2. The zero-order chi connectivity index (χ0) is 11.0. The number of ketones is 1. The van der Waals surface area contributed by atoms with Crippen molar-refractivity contribution in [3.8, 4) is 0 Å². The first-order valence-electron chi connectivity index (χ1n) is 4.88. The smallest absolute Gasteiger partial charge is 0.147 e. The molecule has 1 aromatic heterocycles. The van der Waals surface area contributed by atoms with Crippen molar-refractivity contribution in [2.75, 3.05) is 11.5 Å². The molecular weight excluding hydrogens is 276 g/mol. The van der Waals surface area contributed by atoms with E-state index in [0.29, 0.717) is 11.5 Å². The van der Waals surface area contributed by atoms with E-state index in [1.165, 1.54) is 0 Å². The molecule has 0 spiro atoms. The van der Waals surface area contributed by atoms with Crippen LogP contribution in [0.25, 0.3) is 0 Å². The number of nitrogens with zero attached hydrogens (tertiary/aromatic N) is 2. The lowest BCUT2D eigenvalue weighted by molar-refractivity contribution is -0.119. The Kier molecular flexibility index (Phi) is 3.21. The van der Waals surface area contributed by atoms with Gasteiger partial charge in [0.25, 0.3) is 0 Å². The summed E-state index contributed by atoms with van der Waals surface area (Å²) in [5.74, 6) is 2.20. The summed E-state index contributed by atoms with van der Waals surface area (Å²) in [5.41, 5.74) is 2.12. The highest BCUT2D eigenvalue weighted by atomic mass is 79.9. The number of hydrogen-bond donors (Lipinski definition) is 0. The van der Waals surface area contributed by atoms with Gasteiger partial charge < -0.3 is 0 Å². The van der Waals surface area contributed by atoms with Crippen molar-refractivity contribution in [3.63, 3.8) is 0 Å². The maximum absolute atomic E-state index is 11.5. The van der Waals surface area contributed by atoms with Gasteiger partial charge in [-0.1, -0.05) is 0 Å². The summed E-state index contributed by atoms with van der Waals surface area (Å²) in [6.45, 7) is 1.97. The third-order valence-electron chi connectivity index (χ3n) is 2.72. The maximum Gasteiger partial charge on any atom is 0.147 e. The second-order valence-corrected chi connectivity index (χ2v) is 5.68. The van der Waals surface area contributed by atoms with Crippen molar-refractivity contribution < 1.29 is 4.79 Å². The first-order chi connectivity index (χ1) is 7.09. The Labute approximate surface area is 102 Å². The highest BCUT2D eigenvalue weighted by Crippen LogP contribution is 2.28. The highest BCUT2D eigenvalue weighted by Gasteiger charge is 2.27. The number of halogens is 1. The minimum absolute atomic E-state index is 0.182. The molecule has 2 heterocycles. The average molecular weight is 289 g/mol. The van der Waals surface area contributed by atoms with Gasteiger partial charge in [0.1, 0.15) is 5.78 Å². The molecule has 0 bridgehead atoms. The van der Waals surface area contributed by atoms with Crippen molar-refractivity contribution in [2.45, 2.75) is 13.3 Å². The average Bonchev–Trinajstić information content (AvgIpc) is 2.67. The molecule has 0 saturated carbocycles. The Bertz CT molecular complexity index is 402. The quantitative estimate of drug-likeness (QED) is 0.835. The van der Waals surface area contributed by atoms with Crippen LogP contribution in [0.3, 0.4) is 0 Å². The SMILES string of the molecule is Cc1nn(C)c(CC2CSCC2=O)c1Br.